The molecule has 234 valence electrons. The van der Waals surface area contributed by atoms with Crippen molar-refractivity contribution in [3.63, 3.8) is 0 Å². The number of benzene rings is 3. The summed E-state index contributed by atoms with van der Waals surface area (Å²) in [5.41, 5.74) is 2.97. The first-order chi connectivity index (χ1) is 22.2. The van der Waals surface area contributed by atoms with Crippen LogP contribution >= 0.6 is 0 Å². The largest absolute Gasteiger partial charge is 0.508 e. The van der Waals surface area contributed by atoms with E-state index in [-0.39, 0.29) is 39.4 Å². The fourth-order valence-corrected chi connectivity index (χ4v) is 8.40. The highest BCUT2D eigenvalue weighted by Gasteiger charge is 2.47. The van der Waals surface area contributed by atoms with Crippen LogP contribution in [0.4, 0.5) is 14.6 Å². The number of terminal acetylenes is 1. The summed E-state index contributed by atoms with van der Waals surface area (Å²) in [6.07, 6.45) is 15.5. The van der Waals surface area contributed by atoms with E-state index in [2.05, 4.69) is 35.2 Å². The molecule has 9 heteroatoms. The Labute approximate surface area is 266 Å². The van der Waals surface area contributed by atoms with Gasteiger partial charge in [0, 0.05) is 60.3 Å². The standard InChI is InChI=1S/C37H35F2N5O2/c1-4-26-30(38)11-8-22-15-25(45)16-29(32(22)26)27-9-10-28-34(33(27)39)40-36(41-35(28)44-19-23-17-42(2)18-24(23)20-44)46-21-37-12-5-7-31(37)43(3)14-6-13-37/h1,8-11,15-18,31,45H,5-7,12-14,19-21H2,2-3H3. The van der Waals surface area contributed by atoms with Crippen molar-refractivity contribution in [2.24, 2.45) is 12.5 Å². The Kier molecular flexibility index (Phi) is 6.69. The van der Waals surface area contributed by atoms with Crippen LogP contribution in [0.25, 0.3) is 32.8 Å². The predicted molar refractivity (Wildman–Crippen MR) is 175 cm³/mol. The number of phenolic OH excluding ortho intramolecular Hbond substituents is 1. The number of rotatable bonds is 5. The average molecular weight is 620 g/mol. The number of ether oxygens (including phenoxy) is 1. The van der Waals surface area contributed by atoms with E-state index >= 15 is 4.39 Å². The number of hydrogen-bond donors (Lipinski definition) is 1. The number of nitrogens with zero attached hydrogens (tertiary/aromatic N) is 5. The van der Waals surface area contributed by atoms with Gasteiger partial charge in [-0.3, -0.25) is 0 Å². The Morgan fingerprint density at radius 1 is 1.02 bits per heavy atom. The van der Waals surface area contributed by atoms with Gasteiger partial charge in [0.15, 0.2) is 5.82 Å². The molecule has 2 aliphatic heterocycles. The van der Waals surface area contributed by atoms with Gasteiger partial charge < -0.3 is 24.2 Å². The number of halogens is 2. The van der Waals surface area contributed by atoms with Crippen LogP contribution in [-0.4, -0.2) is 50.8 Å². The van der Waals surface area contributed by atoms with Crippen molar-refractivity contribution in [2.75, 3.05) is 25.1 Å². The first-order valence-electron chi connectivity index (χ1n) is 15.9. The molecule has 8 rings (SSSR count). The molecule has 1 saturated heterocycles. The zero-order chi connectivity index (χ0) is 31.7. The van der Waals surface area contributed by atoms with Crippen molar-refractivity contribution in [1.82, 2.24) is 19.4 Å². The lowest BCUT2D eigenvalue weighted by Gasteiger charge is -2.44. The highest BCUT2D eigenvalue weighted by atomic mass is 19.1. The number of hydrogen-bond acceptors (Lipinski definition) is 6. The molecule has 2 fully saturated rings. The summed E-state index contributed by atoms with van der Waals surface area (Å²) in [5, 5.41) is 12.0. The predicted octanol–water partition coefficient (Wildman–Crippen LogP) is 6.92. The van der Waals surface area contributed by atoms with Crippen molar-refractivity contribution in [3.05, 3.63) is 77.1 Å². The van der Waals surface area contributed by atoms with Crippen LogP contribution in [0.1, 0.15) is 48.8 Å². The van der Waals surface area contributed by atoms with E-state index in [9.17, 15) is 9.50 Å². The van der Waals surface area contributed by atoms with Crippen LogP contribution in [0.2, 0.25) is 0 Å². The van der Waals surface area contributed by atoms with Gasteiger partial charge in [-0.2, -0.15) is 9.97 Å². The van der Waals surface area contributed by atoms with Crippen molar-refractivity contribution in [3.8, 4) is 35.2 Å². The lowest BCUT2D eigenvalue weighted by atomic mass is 9.76. The molecule has 3 aromatic carbocycles. The maximum Gasteiger partial charge on any atom is 0.319 e. The second-order valence-electron chi connectivity index (χ2n) is 13.3. The number of aromatic nitrogens is 3. The Morgan fingerprint density at radius 2 is 1.80 bits per heavy atom. The van der Waals surface area contributed by atoms with E-state index < -0.39 is 11.6 Å². The summed E-state index contributed by atoms with van der Waals surface area (Å²) in [4.78, 5) is 14.2. The molecular formula is C37H35F2N5O2. The van der Waals surface area contributed by atoms with E-state index in [1.165, 1.54) is 35.4 Å². The fraction of sp³-hybridized carbons (Fsp3) is 0.351. The zero-order valence-corrected chi connectivity index (χ0v) is 26.0. The van der Waals surface area contributed by atoms with Crippen molar-refractivity contribution in [1.29, 1.82) is 0 Å². The minimum Gasteiger partial charge on any atom is -0.508 e. The lowest BCUT2D eigenvalue weighted by Crippen LogP contribution is -2.50. The van der Waals surface area contributed by atoms with Crippen molar-refractivity contribution >= 4 is 27.5 Å². The smallest absolute Gasteiger partial charge is 0.319 e. The molecule has 0 spiro atoms. The number of aromatic hydroxyl groups is 1. The third-order valence-electron chi connectivity index (χ3n) is 10.5. The highest BCUT2D eigenvalue weighted by molar-refractivity contribution is 6.04. The van der Waals surface area contributed by atoms with Crippen molar-refractivity contribution in [2.45, 2.75) is 51.2 Å². The number of phenols is 1. The van der Waals surface area contributed by atoms with Crippen LogP contribution in [0, 0.1) is 29.4 Å². The molecule has 0 bridgehead atoms. The van der Waals surface area contributed by atoms with Crippen LogP contribution < -0.4 is 9.64 Å². The van der Waals surface area contributed by atoms with Gasteiger partial charge in [-0.15, -0.1) is 6.42 Å². The van der Waals surface area contributed by atoms with Gasteiger partial charge in [0.1, 0.15) is 22.9 Å². The second kappa shape index (κ2) is 10.7. The van der Waals surface area contributed by atoms with Gasteiger partial charge in [0.25, 0.3) is 0 Å². The molecule has 0 amide bonds. The summed E-state index contributed by atoms with van der Waals surface area (Å²) in [5.74, 6) is 1.74. The Bertz CT molecular complexity index is 2060. The molecule has 5 aromatic rings. The van der Waals surface area contributed by atoms with Crippen LogP contribution in [0.15, 0.2) is 48.8 Å². The molecule has 4 heterocycles. The Hall–Kier alpha value is -4.68. The molecule has 2 aromatic heterocycles. The van der Waals surface area contributed by atoms with E-state index in [4.69, 9.17) is 21.1 Å². The third kappa shape index (κ3) is 4.50. The normalized spacial score (nSPS) is 21.1. The zero-order valence-electron chi connectivity index (χ0n) is 26.0. The summed E-state index contributed by atoms with van der Waals surface area (Å²) >= 11 is 0. The van der Waals surface area contributed by atoms with E-state index in [1.807, 2.05) is 11.6 Å². The van der Waals surface area contributed by atoms with Gasteiger partial charge in [0.2, 0.25) is 0 Å². The maximum absolute atomic E-state index is 16.9. The Morgan fingerprint density at radius 3 is 2.59 bits per heavy atom. The van der Waals surface area contributed by atoms with Crippen LogP contribution in [0.5, 0.6) is 11.8 Å². The molecular weight excluding hydrogens is 584 g/mol. The van der Waals surface area contributed by atoms with Gasteiger partial charge in [0.05, 0.1) is 12.2 Å². The molecule has 46 heavy (non-hydrogen) atoms. The molecule has 1 saturated carbocycles. The molecule has 1 N–H and O–H groups in total. The highest BCUT2D eigenvalue weighted by Crippen LogP contribution is 2.48. The molecule has 3 aliphatic rings. The number of likely N-dealkylation sites (tertiary alicyclic amines) is 1. The first kappa shape index (κ1) is 28.8. The van der Waals surface area contributed by atoms with Crippen LogP contribution in [-0.2, 0) is 20.1 Å². The number of piperidine rings is 1. The molecule has 0 radical (unpaired) electrons. The van der Waals surface area contributed by atoms with Gasteiger partial charge >= 0.3 is 6.01 Å². The fourth-order valence-electron chi connectivity index (χ4n) is 8.40. The van der Waals surface area contributed by atoms with Gasteiger partial charge in [-0.1, -0.05) is 24.5 Å². The molecule has 1 aliphatic carbocycles. The quantitative estimate of drug-likeness (QED) is 0.216. The van der Waals surface area contributed by atoms with Gasteiger partial charge in [-0.05, 0) is 85.6 Å². The second-order valence-corrected chi connectivity index (χ2v) is 13.3. The van der Waals surface area contributed by atoms with Crippen molar-refractivity contribution < 1.29 is 18.6 Å². The van der Waals surface area contributed by atoms with E-state index in [0.29, 0.717) is 47.7 Å². The molecule has 2 unspecified atom stereocenters. The monoisotopic (exact) mass is 619 g/mol. The topological polar surface area (TPSA) is 66.7 Å². The molecule has 7 nitrogen and oxygen atoms in total. The minimum absolute atomic E-state index is 0.0114. The van der Waals surface area contributed by atoms with Gasteiger partial charge in [-0.25, -0.2) is 8.78 Å². The average Bonchev–Trinajstić information content (AvgIpc) is 3.74. The van der Waals surface area contributed by atoms with E-state index in [1.54, 1.807) is 12.1 Å². The summed E-state index contributed by atoms with van der Waals surface area (Å²) in [6.45, 7) is 2.81. The number of anilines is 1. The third-order valence-corrected chi connectivity index (χ3v) is 10.5. The minimum atomic E-state index is -0.614. The van der Waals surface area contributed by atoms with Crippen LogP contribution in [0.3, 0.4) is 0 Å². The number of aryl methyl sites for hydroxylation is 1. The number of fused-ring (bicyclic) bond motifs is 4. The summed E-state index contributed by atoms with van der Waals surface area (Å²) in [7, 11) is 4.20. The summed E-state index contributed by atoms with van der Waals surface area (Å²) < 4.78 is 40.3. The first-order valence-corrected chi connectivity index (χ1v) is 15.9. The van der Waals surface area contributed by atoms with E-state index in [0.717, 1.165) is 38.6 Å². The molecule has 2 atom stereocenters. The lowest BCUT2D eigenvalue weighted by molar-refractivity contribution is 0.0133. The maximum atomic E-state index is 16.9. The summed E-state index contributed by atoms with van der Waals surface area (Å²) in [6, 6.07) is 9.71. The SMILES string of the molecule is C#Cc1c(F)ccc2cc(O)cc(-c3ccc4c(N5Cc6cn(C)cc6C5)nc(OCC56CCCC5N(C)CCC6)nc4c3F)c12. The Balaban J connectivity index is 1.27.